The van der Waals surface area contributed by atoms with Crippen molar-refractivity contribution in [3.63, 3.8) is 0 Å². The van der Waals surface area contributed by atoms with Crippen LogP contribution in [0.2, 0.25) is 0 Å². The molecule has 1 aromatic rings. The lowest BCUT2D eigenvalue weighted by Gasteiger charge is -2.12. The fourth-order valence-electron chi connectivity index (χ4n) is 1.21. The fourth-order valence-corrected chi connectivity index (χ4v) is 1.84. The lowest BCUT2D eigenvalue weighted by molar-refractivity contribution is 0.0691. The number of rotatable bonds is 5. The lowest BCUT2D eigenvalue weighted by Crippen LogP contribution is -2.16. The van der Waals surface area contributed by atoms with Gasteiger partial charge in [-0.15, -0.1) is 0 Å². The zero-order chi connectivity index (χ0) is 13.9. The number of aromatic carboxylic acids is 1. The summed E-state index contributed by atoms with van der Waals surface area (Å²) in [5.74, 6) is -2.77. The van der Waals surface area contributed by atoms with Gasteiger partial charge in [0.1, 0.15) is 11.6 Å². The van der Waals surface area contributed by atoms with Gasteiger partial charge in [-0.25, -0.2) is 17.6 Å². The van der Waals surface area contributed by atoms with Crippen molar-refractivity contribution in [3.05, 3.63) is 23.5 Å². The minimum absolute atomic E-state index is 0.0641. The molecule has 8 heteroatoms. The highest BCUT2D eigenvalue weighted by Crippen LogP contribution is 2.28. The highest BCUT2D eigenvalue weighted by atomic mass is 32.2. The average molecular weight is 277 g/mol. The van der Waals surface area contributed by atoms with Gasteiger partial charge in [-0.05, 0) is 13.0 Å². The Balaban J connectivity index is 3.29. The maximum absolute atomic E-state index is 13.4. The number of benzene rings is 1. The zero-order valence-corrected chi connectivity index (χ0v) is 10.5. The van der Waals surface area contributed by atoms with E-state index in [9.17, 15) is 17.6 Å². The Kier molecular flexibility index (Phi) is 4.12. The molecule has 0 radical (unpaired) electrons. The minimum Gasteiger partial charge on any atom is -0.495 e. The van der Waals surface area contributed by atoms with Crippen molar-refractivity contribution in [2.75, 3.05) is 17.6 Å². The summed E-state index contributed by atoms with van der Waals surface area (Å²) in [6.07, 6.45) is 0. The molecule has 0 bridgehead atoms. The van der Waals surface area contributed by atoms with E-state index in [0.29, 0.717) is 0 Å². The van der Waals surface area contributed by atoms with Gasteiger partial charge in [-0.3, -0.25) is 4.72 Å². The van der Waals surface area contributed by atoms with Gasteiger partial charge in [-0.1, -0.05) is 0 Å². The first-order chi connectivity index (χ1) is 8.30. The van der Waals surface area contributed by atoms with Crippen molar-refractivity contribution in [2.45, 2.75) is 6.92 Å². The van der Waals surface area contributed by atoms with Crippen molar-refractivity contribution in [3.8, 4) is 5.75 Å². The number of hydrogen-bond acceptors (Lipinski definition) is 4. The molecule has 0 aromatic heterocycles. The van der Waals surface area contributed by atoms with Crippen molar-refractivity contribution < 1.29 is 27.4 Å². The highest BCUT2D eigenvalue weighted by molar-refractivity contribution is 7.92. The van der Waals surface area contributed by atoms with Crippen LogP contribution in [-0.2, 0) is 10.0 Å². The molecule has 0 atom stereocenters. The van der Waals surface area contributed by atoms with Crippen LogP contribution < -0.4 is 9.46 Å². The van der Waals surface area contributed by atoms with E-state index in [4.69, 9.17) is 9.84 Å². The van der Waals surface area contributed by atoms with E-state index >= 15 is 0 Å². The van der Waals surface area contributed by atoms with Crippen LogP contribution in [0.25, 0.3) is 0 Å². The predicted octanol–water partition coefficient (Wildman–Crippen LogP) is 1.29. The van der Waals surface area contributed by atoms with Gasteiger partial charge in [0.15, 0.2) is 0 Å². The van der Waals surface area contributed by atoms with E-state index in [-0.39, 0.29) is 17.2 Å². The van der Waals surface area contributed by atoms with Gasteiger partial charge in [0.05, 0.1) is 24.1 Å². The van der Waals surface area contributed by atoms with Gasteiger partial charge in [0, 0.05) is 6.07 Å². The Morgan fingerprint density at radius 3 is 2.56 bits per heavy atom. The van der Waals surface area contributed by atoms with Gasteiger partial charge in [0.2, 0.25) is 10.0 Å². The van der Waals surface area contributed by atoms with Gasteiger partial charge >= 0.3 is 5.97 Å². The van der Waals surface area contributed by atoms with Crippen LogP contribution in [0, 0.1) is 5.82 Å². The van der Waals surface area contributed by atoms with E-state index in [1.54, 1.807) is 0 Å². The molecule has 0 heterocycles. The summed E-state index contributed by atoms with van der Waals surface area (Å²) >= 11 is 0. The molecule has 0 fully saturated rings. The summed E-state index contributed by atoms with van der Waals surface area (Å²) < 4.78 is 43.1. The molecule has 1 rings (SSSR count). The number of nitrogens with one attached hydrogen (secondary N) is 1. The van der Waals surface area contributed by atoms with Gasteiger partial charge in [0.25, 0.3) is 0 Å². The number of carboxylic acids is 1. The SMILES string of the molecule is CCS(=O)(=O)Nc1cc(F)c(C(=O)O)cc1OC. The standard InChI is InChI=1S/C10H12FNO5S/c1-3-18(15,16)12-8-5-7(11)6(10(13)14)4-9(8)17-2/h4-5,12H,3H2,1-2H3,(H,13,14). The van der Waals surface area contributed by atoms with Crippen LogP contribution in [0.3, 0.4) is 0 Å². The Morgan fingerprint density at radius 2 is 2.11 bits per heavy atom. The Hall–Kier alpha value is -1.83. The molecule has 18 heavy (non-hydrogen) atoms. The third kappa shape index (κ3) is 3.10. The van der Waals surface area contributed by atoms with Crippen molar-refractivity contribution >= 4 is 21.7 Å². The molecule has 100 valence electrons. The van der Waals surface area contributed by atoms with E-state index in [1.165, 1.54) is 14.0 Å². The monoisotopic (exact) mass is 277 g/mol. The Labute approximate surface area is 103 Å². The number of methoxy groups -OCH3 is 1. The highest BCUT2D eigenvalue weighted by Gasteiger charge is 2.18. The molecule has 0 saturated carbocycles. The predicted molar refractivity (Wildman–Crippen MR) is 63.0 cm³/mol. The number of sulfonamides is 1. The van der Waals surface area contributed by atoms with Gasteiger partial charge < -0.3 is 9.84 Å². The Morgan fingerprint density at radius 1 is 1.50 bits per heavy atom. The summed E-state index contributed by atoms with van der Waals surface area (Å²) in [5, 5.41) is 8.72. The molecule has 2 N–H and O–H groups in total. The van der Waals surface area contributed by atoms with Crippen LogP contribution in [0.5, 0.6) is 5.75 Å². The van der Waals surface area contributed by atoms with Crippen molar-refractivity contribution in [1.29, 1.82) is 0 Å². The zero-order valence-electron chi connectivity index (χ0n) is 9.73. The number of halogens is 1. The molecule has 0 aliphatic rings. The fraction of sp³-hybridized carbons (Fsp3) is 0.300. The number of carbonyl (C=O) groups is 1. The van der Waals surface area contributed by atoms with Crippen LogP contribution >= 0.6 is 0 Å². The minimum atomic E-state index is -3.60. The normalized spacial score (nSPS) is 11.1. The average Bonchev–Trinajstić information content (AvgIpc) is 2.28. The summed E-state index contributed by atoms with van der Waals surface area (Å²) in [6, 6.07) is 1.70. The van der Waals surface area contributed by atoms with Crippen LogP contribution in [0.15, 0.2) is 12.1 Å². The summed E-state index contributed by atoms with van der Waals surface area (Å²) in [4.78, 5) is 10.7. The molecule has 0 unspecified atom stereocenters. The quantitative estimate of drug-likeness (QED) is 0.846. The third-order valence-electron chi connectivity index (χ3n) is 2.17. The number of carboxylic acid groups (broad SMARTS) is 1. The molecule has 0 saturated heterocycles. The largest absolute Gasteiger partial charge is 0.495 e. The third-order valence-corrected chi connectivity index (χ3v) is 3.46. The summed E-state index contributed by atoms with van der Waals surface area (Å²) in [6.45, 7) is 1.41. The molecule has 0 amide bonds. The van der Waals surface area contributed by atoms with Crippen LogP contribution in [0.4, 0.5) is 10.1 Å². The first-order valence-electron chi connectivity index (χ1n) is 4.92. The molecule has 1 aromatic carbocycles. The van der Waals surface area contributed by atoms with Crippen LogP contribution in [0.1, 0.15) is 17.3 Å². The first-order valence-corrected chi connectivity index (χ1v) is 6.57. The molecule has 0 spiro atoms. The van der Waals surface area contributed by atoms with E-state index in [1.807, 2.05) is 0 Å². The number of ether oxygens (including phenoxy) is 1. The van der Waals surface area contributed by atoms with Crippen molar-refractivity contribution in [1.82, 2.24) is 0 Å². The second-order valence-corrected chi connectivity index (χ2v) is 5.35. The van der Waals surface area contributed by atoms with Crippen molar-refractivity contribution in [2.24, 2.45) is 0 Å². The lowest BCUT2D eigenvalue weighted by atomic mass is 10.2. The number of anilines is 1. The first kappa shape index (κ1) is 14.2. The van der Waals surface area contributed by atoms with Crippen LogP contribution in [-0.4, -0.2) is 32.4 Å². The second kappa shape index (κ2) is 5.21. The topological polar surface area (TPSA) is 92.7 Å². The van der Waals surface area contributed by atoms with Gasteiger partial charge in [-0.2, -0.15) is 0 Å². The van der Waals surface area contributed by atoms with E-state index in [2.05, 4.69) is 4.72 Å². The maximum atomic E-state index is 13.4. The maximum Gasteiger partial charge on any atom is 0.338 e. The second-order valence-electron chi connectivity index (χ2n) is 3.34. The summed E-state index contributed by atoms with van der Waals surface area (Å²) in [7, 11) is -2.37. The number of hydrogen-bond donors (Lipinski definition) is 2. The Bertz CT molecular complexity index is 570. The molecule has 0 aliphatic carbocycles. The molecular formula is C10H12FNO5S. The summed E-state index contributed by atoms with van der Waals surface area (Å²) in [5.41, 5.74) is -0.729. The molecular weight excluding hydrogens is 265 g/mol. The van der Waals surface area contributed by atoms with E-state index < -0.39 is 27.4 Å². The molecule has 6 nitrogen and oxygen atoms in total. The smallest absolute Gasteiger partial charge is 0.338 e. The molecule has 0 aliphatic heterocycles. The van der Waals surface area contributed by atoms with E-state index in [0.717, 1.165) is 12.1 Å².